The van der Waals surface area contributed by atoms with Crippen molar-refractivity contribution in [3.63, 3.8) is 0 Å². The highest BCUT2D eigenvalue weighted by molar-refractivity contribution is 5.98. The molecule has 0 unspecified atom stereocenters. The van der Waals surface area contributed by atoms with Gasteiger partial charge in [0.2, 0.25) is 0 Å². The number of benzene rings is 2. The smallest absolute Gasteiger partial charge is 0.126 e. The fraction of sp³-hybridized carbons (Fsp3) is 0.0625. The second-order valence-electron chi connectivity index (χ2n) is 4.41. The Hall–Kier alpha value is -2.80. The lowest BCUT2D eigenvalue weighted by molar-refractivity contribution is 0.415. The number of methoxy groups -OCH3 is 1. The molecule has 3 aromatic rings. The van der Waals surface area contributed by atoms with Gasteiger partial charge in [-0.2, -0.15) is 5.26 Å². The average Bonchev–Trinajstić information content (AvgIpc) is 2.84. The van der Waals surface area contributed by atoms with Crippen LogP contribution in [0.1, 0.15) is 5.69 Å². The second kappa shape index (κ2) is 4.71. The van der Waals surface area contributed by atoms with Gasteiger partial charge >= 0.3 is 0 Å². The van der Waals surface area contributed by atoms with Crippen molar-refractivity contribution < 1.29 is 9.13 Å². The van der Waals surface area contributed by atoms with E-state index >= 15 is 0 Å². The largest absolute Gasteiger partial charge is 0.497 e. The third-order valence-electron chi connectivity index (χ3n) is 3.25. The topological polar surface area (TPSA) is 48.8 Å². The van der Waals surface area contributed by atoms with Crippen LogP contribution in [0.15, 0.2) is 42.5 Å². The average molecular weight is 266 g/mol. The Morgan fingerprint density at radius 3 is 2.55 bits per heavy atom. The van der Waals surface area contributed by atoms with E-state index in [0.29, 0.717) is 11.2 Å². The predicted molar refractivity (Wildman–Crippen MR) is 75.0 cm³/mol. The highest BCUT2D eigenvalue weighted by Gasteiger charge is 2.13. The molecule has 1 N–H and O–H groups in total. The molecule has 4 heteroatoms. The summed E-state index contributed by atoms with van der Waals surface area (Å²) in [5.74, 6) is 0.419. The van der Waals surface area contributed by atoms with Crippen LogP contribution in [-0.2, 0) is 0 Å². The van der Waals surface area contributed by atoms with E-state index in [1.165, 1.54) is 12.1 Å². The number of rotatable bonds is 2. The highest BCUT2D eigenvalue weighted by Crippen LogP contribution is 2.33. The maximum absolute atomic E-state index is 13.3. The van der Waals surface area contributed by atoms with Crippen molar-refractivity contribution in [1.82, 2.24) is 4.98 Å². The van der Waals surface area contributed by atoms with Crippen LogP contribution in [0, 0.1) is 17.1 Å². The van der Waals surface area contributed by atoms with Crippen LogP contribution in [0.2, 0.25) is 0 Å². The van der Waals surface area contributed by atoms with Gasteiger partial charge in [0.15, 0.2) is 0 Å². The third-order valence-corrected chi connectivity index (χ3v) is 3.25. The maximum Gasteiger partial charge on any atom is 0.126 e. The molecule has 2 aromatic carbocycles. The summed E-state index contributed by atoms with van der Waals surface area (Å²) in [5.41, 5.74) is 2.72. The zero-order valence-corrected chi connectivity index (χ0v) is 10.8. The van der Waals surface area contributed by atoms with Gasteiger partial charge < -0.3 is 9.72 Å². The van der Waals surface area contributed by atoms with E-state index in [2.05, 4.69) is 11.1 Å². The number of aromatic nitrogens is 1. The third kappa shape index (κ3) is 1.90. The summed E-state index contributed by atoms with van der Waals surface area (Å²) >= 11 is 0. The molecular weight excluding hydrogens is 255 g/mol. The van der Waals surface area contributed by atoms with Crippen molar-refractivity contribution in [2.24, 2.45) is 0 Å². The van der Waals surface area contributed by atoms with Gasteiger partial charge in [0.05, 0.1) is 7.11 Å². The summed E-state index contributed by atoms with van der Waals surface area (Å²) in [5, 5.41) is 10.1. The van der Waals surface area contributed by atoms with Gasteiger partial charge in [0, 0.05) is 16.5 Å². The van der Waals surface area contributed by atoms with E-state index in [4.69, 9.17) is 4.74 Å². The Bertz CT molecular complexity index is 813. The lowest BCUT2D eigenvalue weighted by Gasteiger charge is -2.03. The number of ether oxygens (including phenoxy) is 1. The number of nitriles is 1. The maximum atomic E-state index is 13.3. The number of hydrogen-bond acceptors (Lipinski definition) is 2. The molecule has 0 amide bonds. The van der Waals surface area contributed by atoms with Crippen LogP contribution >= 0.6 is 0 Å². The fourth-order valence-corrected chi connectivity index (χ4v) is 2.31. The van der Waals surface area contributed by atoms with Gasteiger partial charge in [-0.05, 0) is 35.9 Å². The molecular formula is C16H11FN2O. The first kappa shape index (κ1) is 12.2. The van der Waals surface area contributed by atoms with Gasteiger partial charge in [-0.3, -0.25) is 0 Å². The molecule has 0 saturated carbocycles. The minimum atomic E-state index is -0.329. The molecule has 20 heavy (non-hydrogen) atoms. The number of H-pyrrole nitrogens is 1. The first-order chi connectivity index (χ1) is 9.72. The summed E-state index contributed by atoms with van der Waals surface area (Å²) in [7, 11) is 1.60. The molecule has 0 aliphatic heterocycles. The van der Waals surface area contributed by atoms with Crippen LogP contribution < -0.4 is 4.74 Å². The second-order valence-corrected chi connectivity index (χ2v) is 4.41. The zero-order chi connectivity index (χ0) is 14.1. The lowest BCUT2D eigenvalue weighted by atomic mass is 10.0. The van der Waals surface area contributed by atoms with Gasteiger partial charge in [0.25, 0.3) is 0 Å². The zero-order valence-electron chi connectivity index (χ0n) is 10.8. The normalized spacial score (nSPS) is 10.4. The van der Waals surface area contributed by atoms with Crippen molar-refractivity contribution >= 4 is 10.9 Å². The van der Waals surface area contributed by atoms with Crippen molar-refractivity contribution in [1.29, 1.82) is 5.26 Å². The first-order valence-corrected chi connectivity index (χ1v) is 6.08. The molecule has 98 valence electrons. The SMILES string of the molecule is COc1ccc(-c2c(C#N)[nH]c3cc(F)ccc23)cc1. The Balaban J connectivity index is 2.25. The first-order valence-electron chi connectivity index (χ1n) is 6.08. The molecule has 0 radical (unpaired) electrons. The van der Waals surface area contributed by atoms with Gasteiger partial charge in [-0.15, -0.1) is 0 Å². The van der Waals surface area contributed by atoms with E-state index in [0.717, 1.165) is 22.3 Å². The minimum Gasteiger partial charge on any atom is -0.497 e. The lowest BCUT2D eigenvalue weighted by Crippen LogP contribution is -1.84. The van der Waals surface area contributed by atoms with Crippen LogP contribution in [0.4, 0.5) is 4.39 Å². The molecule has 0 aliphatic rings. The summed E-state index contributed by atoms with van der Waals surface area (Å²) in [4.78, 5) is 2.95. The Morgan fingerprint density at radius 2 is 1.90 bits per heavy atom. The van der Waals surface area contributed by atoms with Crippen LogP contribution in [0.25, 0.3) is 22.0 Å². The summed E-state index contributed by atoms with van der Waals surface area (Å²) in [6.07, 6.45) is 0. The quantitative estimate of drug-likeness (QED) is 0.765. The molecule has 1 heterocycles. The van der Waals surface area contributed by atoms with Crippen molar-refractivity contribution in [2.45, 2.75) is 0 Å². The number of halogens is 1. The minimum absolute atomic E-state index is 0.329. The van der Waals surface area contributed by atoms with Gasteiger partial charge in [-0.1, -0.05) is 12.1 Å². The summed E-state index contributed by atoms with van der Waals surface area (Å²) in [6.45, 7) is 0. The monoisotopic (exact) mass is 266 g/mol. The van der Waals surface area contributed by atoms with E-state index < -0.39 is 0 Å². The number of nitrogens with zero attached hydrogens (tertiary/aromatic N) is 1. The molecule has 3 rings (SSSR count). The molecule has 1 aromatic heterocycles. The number of fused-ring (bicyclic) bond motifs is 1. The standard InChI is InChI=1S/C16H11FN2O/c1-20-12-5-2-10(3-6-12)16-13-7-4-11(17)8-14(13)19-15(16)9-18/h2-8,19H,1H3. The number of nitrogens with one attached hydrogen (secondary N) is 1. The molecule has 0 saturated heterocycles. The summed E-state index contributed by atoms with van der Waals surface area (Å²) in [6, 6.07) is 14.0. The predicted octanol–water partition coefficient (Wildman–Crippen LogP) is 3.85. The molecule has 0 spiro atoms. The Kier molecular flexibility index (Phi) is 2.88. The van der Waals surface area contributed by atoms with Crippen molar-refractivity contribution in [2.75, 3.05) is 7.11 Å². The Morgan fingerprint density at radius 1 is 1.15 bits per heavy atom. The molecule has 0 atom stereocenters. The molecule has 0 aliphatic carbocycles. The molecule has 0 fully saturated rings. The van der Waals surface area contributed by atoms with E-state index in [9.17, 15) is 9.65 Å². The van der Waals surface area contributed by atoms with Crippen molar-refractivity contribution in [3.8, 4) is 22.9 Å². The number of hydrogen-bond donors (Lipinski definition) is 1. The van der Waals surface area contributed by atoms with Crippen molar-refractivity contribution in [3.05, 3.63) is 54.0 Å². The number of aromatic amines is 1. The summed E-state index contributed by atoms with van der Waals surface area (Å²) < 4.78 is 18.4. The molecule has 0 bridgehead atoms. The Labute approximate surface area is 115 Å². The van der Waals surface area contributed by atoms with Gasteiger partial charge in [0.1, 0.15) is 23.3 Å². The van der Waals surface area contributed by atoms with Crippen LogP contribution in [-0.4, -0.2) is 12.1 Å². The van der Waals surface area contributed by atoms with Crippen LogP contribution in [0.3, 0.4) is 0 Å². The fourth-order valence-electron chi connectivity index (χ4n) is 2.31. The van der Waals surface area contributed by atoms with E-state index in [1.54, 1.807) is 13.2 Å². The van der Waals surface area contributed by atoms with E-state index in [1.807, 2.05) is 24.3 Å². The molecule has 3 nitrogen and oxygen atoms in total. The van der Waals surface area contributed by atoms with E-state index in [-0.39, 0.29) is 5.82 Å². The highest BCUT2D eigenvalue weighted by atomic mass is 19.1. The van der Waals surface area contributed by atoms with Crippen LogP contribution in [0.5, 0.6) is 5.75 Å². The van der Waals surface area contributed by atoms with Gasteiger partial charge in [-0.25, -0.2) is 4.39 Å².